The minimum atomic E-state index is -0.677. The van der Waals surface area contributed by atoms with Crippen molar-refractivity contribution < 1.29 is 14.3 Å². The van der Waals surface area contributed by atoms with Crippen LogP contribution in [0.2, 0.25) is 0 Å². The molecule has 0 radical (unpaired) electrons. The van der Waals surface area contributed by atoms with E-state index >= 15 is 0 Å². The van der Waals surface area contributed by atoms with Crippen molar-refractivity contribution in [3.8, 4) is 16.9 Å². The number of rotatable bonds is 5. The Balaban J connectivity index is 2.19. The standard InChI is InChI=1S/C21H20FN3O3/c1-13-6-8-15(9-7-13)19-11-18(20(27)23-14(2)12-26)21(28)25(24-19)17-5-3-4-16(22)10-17/h3-11,14,26H,12H2,1-2H3,(H,23,27). The summed E-state index contributed by atoms with van der Waals surface area (Å²) in [6.45, 7) is 3.30. The minimum Gasteiger partial charge on any atom is -0.394 e. The van der Waals surface area contributed by atoms with Crippen LogP contribution in [-0.2, 0) is 0 Å². The smallest absolute Gasteiger partial charge is 0.284 e. The molecule has 2 N–H and O–H groups in total. The highest BCUT2D eigenvalue weighted by molar-refractivity contribution is 5.95. The van der Waals surface area contributed by atoms with Gasteiger partial charge < -0.3 is 10.4 Å². The largest absolute Gasteiger partial charge is 0.394 e. The first-order chi connectivity index (χ1) is 13.4. The summed E-state index contributed by atoms with van der Waals surface area (Å²) in [5, 5.41) is 16.1. The van der Waals surface area contributed by atoms with Crippen molar-refractivity contribution in [2.75, 3.05) is 6.61 Å². The second kappa shape index (κ2) is 8.14. The predicted molar refractivity (Wildman–Crippen MR) is 104 cm³/mol. The molecule has 7 heteroatoms. The summed E-state index contributed by atoms with van der Waals surface area (Å²) in [5.74, 6) is -1.15. The van der Waals surface area contributed by atoms with Gasteiger partial charge in [0.15, 0.2) is 0 Å². The van der Waals surface area contributed by atoms with Gasteiger partial charge >= 0.3 is 0 Å². The molecule has 0 fully saturated rings. The number of carbonyl (C=O) groups excluding carboxylic acids is 1. The van der Waals surface area contributed by atoms with Crippen LogP contribution < -0.4 is 10.9 Å². The third-order valence-electron chi connectivity index (χ3n) is 4.21. The molecule has 1 unspecified atom stereocenters. The molecular weight excluding hydrogens is 361 g/mol. The van der Waals surface area contributed by atoms with E-state index in [9.17, 15) is 14.0 Å². The Morgan fingerprint density at radius 2 is 1.93 bits per heavy atom. The lowest BCUT2D eigenvalue weighted by Gasteiger charge is -2.13. The van der Waals surface area contributed by atoms with Crippen LogP contribution in [0.4, 0.5) is 4.39 Å². The van der Waals surface area contributed by atoms with Crippen LogP contribution in [0.15, 0.2) is 59.4 Å². The minimum absolute atomic E-state index is 0.143. The van der Waals surface area contributed by atoms with Gasteiger partial charge in [-0.15, -0.1) is 0 Å². The van der Waals surface area contributed by atoms with Crippen molar-refractivity contribution in [3.05, 3.63) is 81.9 Å². The third kappa shape index (κ3) is 4.15. The lowest BCUT2D eigenvalue weighted by Crippen LogP contribution is -2.39. The Kier molecular flexibility index (Phi) is 5.65. The van der Waals surface area contributed by atoms with E-state index in [-0.39, 0.29) is 17.9 Å². The molecule has 1 heterocycles. The summed E-state index contributed by atoms with van der Waals surface area (Å²) in [6, 6.07) is 13.8. The number of aliphatic hydroxyl groups is 1. The zero-order valence-electron chi connectivity index (χ0n) is 15.5. The first-order valence-electron chi connectivity index (χ1n) is 8.78. The summed E-state index contributed by atoms with van der Waals surface area (Å²) in [7, 11) is 0. The highest BCUT2D eigenvalue weighted by Gasteiger charge is 2.19. The van der Waals surface area contributed by atoms with Crippen LogP contribution in [0.1, 0.15) is 22.8 Å². The third-order valence-corrected chi connectivity index (χ3v) is 4.21. The number of nitrogens with one attached hydrogen (secondary N) is 1. The maximum absolute atomic E-state index is 13.7. The van der Waals surface area contributed by atoms with E-state index in [2.05, 4.69) is 10.4 Å². The highest BCUT2D eigenvalue weighted by atomic mass is 19.1. The first-order valence-corrected chi connectivity index (χ1v) is 8.78. The van der Waals surface area contributed by atoms with Crippen LogP contribution >= 0.6 is 0 Å². The molecule has 0 saturated heterocycles. The number of carbonyl (C=O) groups is 1. The fourth-order valence-corrected chi connectivity index (χ4v) is 2.65. The van der Waals surface area contributed by atoms with Gasteiger partial charge in [0.25, 0.3) is 11.5 Å². The van der Waals surface area contributed by atoms with Crippen LogP contribution in [0.5, 0.6) is 0 Å². The van der Waals surface area contributed by atoms with E-state index < -0.39 is 23.3 Å². The van der Waals surface area contributed by atoms with E-state index in [0.717, 1.165) is 10.2 Å². The molecular formula is C21H20FN3O3. The molecule has 2 aromatic carbocycles. The quantitative estimate of drug-likeness (QED) is 0.711. The van der Waals surface area contributed by atoms with E-state index in [1.54, 1.807) is 6.92 Å². The summed E-state index contributed by atoms with van der Waals surface area (Å²) in [6.07, 6.45) is 0. The maximum Gasteiger partial charge on any atom is 0.284 e. The van der Waals surface area contributed by atoms with Gasteiger partial charge in [-0.3, -0.25) is 9.59 Å². The van der Waals surface area contributed by atoms with Gasteiger partial charge in [0.1, 0.15) is 11.4 Å². The Hall–Kier alpha value is -3.32. The fourth-order valence-electron chi connectivity index (χ4n) is 2.65. The van der Waals surface area contributed by atoms with Crippen molar-refractivity contribution in [2.24, 2.45) is 0 Å². The molecule has 144 valence electrons. The number of nitrogens with zero attached hydrogens (tertiary/aromatic N) is 2. The second-order valence-electron chi connectivity index (χ2n) is 6.56. The summed E-state index contributed by atoms with van der Waals surface area (Å²) < 4.78 is 14.7. The Bertz CT molecular complexity index is 1060. The Morgan fingerprint density at radius 3 is 2.57 bits per heavy atom. The van der Waals surface area contributed by atoms with Crippen molar-refractivity contribution in [1.29, 1.82) is 0 Å². The molecule has 3 aromatic rings. The van der Waals surface area contributed by atoms with Crippen molar-refractivity contribution in [3.63, 3.8) is 0 Å². The number of hydrogen-bond donors (Lipinski definition) is 2. The van der Waals surface area contributed by atoms with Gasteiger partial charge in [-0.05, 0) is 38.1 Å². The molecule has 1 amide bonds. The van der Waals surface area contributed by atoms with Gasteiger partial charge in [0.2, 0.25) is 0 Å². The van der Waals surface area contributed by atoms with Crippen LogP contribution in [0.3, 0.4) is 0 Å². The molecule has 3 rings (SSSR count). The molecule has 0 aliphatic rings. The van der Waals surface area contributed by atoms with Gasteiger partial charge in [-0.25, -0.2) is 4.39 Å². The van der Waals surface area contributed by atoms with Crippen LogP contribution in [0.25, 0.3) is 16.9 Å². The molecule has 0 aliphatic carbocycles. The lowest BCUT2D eigenvalue weighted by molar-refractivity contribution is 0.0920. The average molecular weight is 381 g/mol. The molecule has 0 bridgehead atoms. The number of aliphatic hydroxyl groups excluding tert-OH is 1. The number of halogens is 1. The summed E-state index contributed by atoms with van der Waals surface area (Å²) in [4.78, 5) is 25.5. The normalized spacial score (nSPS) is 11.9. The van der Waals surface area contributed by atoms with Gasteiger partial charge in [0.05, 0.1) is 18.0 Å². The summed E-state index contributed by atoms with van der Waals surface area (Å²) in [5.41, 5.74) is 1.55. The number of amides is 1. The molecule has 0 saturated carbocycles. The van der Waals surface area contributed by atoms with Crippen molar-refractivity contribution in [1.82, 2.24) is 15.1 Å². The SMILES string of the molecule is Cc1ccc(-c2cc(C(=O)NC(C)CO)c(=O)n(-c3cccc(F)c3)n2)cc1. The number of aryl methyl sites for hydroxylation is 1. The Labute approximate surface area is 161 Å². The summed E-state index contributed by atoms with van der Waals surface area (Å²) >= 11 is 0. The fraction of sp³-hybridized carbons (Fsp3) is 0.190. The molecule has 1 atom stereocenters. The number of hydrogen-bond acceptors (Lipinski definition) is 4. The average Bonchev–Trinajstić information content (AvgIpc) is 2.68. The van der Waals surface area contributed by atoms with Crippen LogP contribution in [-0.4, -0.2) is 33.4 Å². The van der Waals surface area contributed by atoms with E-state index in [4.69, 9.17) is 5.11 Å². The van der Waals surface area contributed by atoms with Crippen molar-refractivity contribution >= 4 is 5.91 Å². The van der Waals surface area contributed by atoms with E-state index in [1.165, 1.54) is 30.3 Å². The van der Waals surface area contributed by atoms with Crippen molar-refractivity contribution in [2.45, 2.75) is 19.9 Å². The van der Waals surface area contributed by atoms with E-state index in [1.807, 2.05) is 31.2 Å². The zero-order valence-corrected chi connectivity index (χ0v) is 15.5. The Morgan fingerprint density at radius 1 is 1.21 bits per heavy atom. The molecule has 28 heavy (non-hydrogen) atoms. The van der Waals surface area contributed by atoms with Crippen LogP contribution in [0, 0.1) is 12.7 Å². The monoisotopic (exact) mass is 381 g/mol. The molecule has 6 nitrogen and oxygen atoms in total. The highest BCUT2D eigenvalue weighted by Crippen LogP contribution is 2.19. The molecule has 0 aliphatic heterocycles. The first kappa shape index (κ1) is 19.4. The predicted octanol–water partition coefficient (Wildman–Crippen LogP) is 2.46. The lowest BCUT2D eigenvalue weighted by atomic mass is 10.1. The number of benzene rings is 2. The molecule has 1 aromatic heterocycles. The number of aromatic nitrogens is 2. The maximum atomic E-state index is 13.7. The topological polar surface area (TPSA) is 84.2 Å². The van der Waals surface area contributed by atoms with Gasteiger partial charge in [-0.1, -0.05) is 35.9 Å². The molecule has 0 spiro atoms. The zero-order chi connectivity index (χ0) is 20.3. The van der Waals surface area contributed by atoms with Gasteiger partial charge in [0, 0.05) is 11.6 Å². The second-order valence-corrected chi connectivity index (χ2v) is 6.56. The van der Waals surface area contributed by atoms with Gasteiger partial charge in [-0.2, -0.15) is 9.78 Å². The van der Waals surface area contributed by atoms with E-state index in [0.29, 0.717) is 11.3 Å².